The first-order chi connectivity index (χ1) is 9.81. The molecule has 0 amide bonds. The fourth-order valence-corrected chi connectivity index (χ4v) is 5.34. The van der Waals surface area contributed by atoms with Gasteiger partial charge in [0.2, 0.25) is 0 Å². The van der Waals surface area contributed by atoms with Gasteiger partial charge in [0.05, 0.1) is 29.6 Å². The van der Waals surface area contributed by atoms with Gasteiger partial charge in [-0.2, -0.15) is 5.10 Å². The Balaban J connectivity index is 1.78. The number of hydrogen-bond acceptors (Lipinski definition) is 4. The van der Waals surface area contributed by atoms with Crippen LogP contribution in [0.5, 0.6) is 0 Å². The largest absolute Gasteiger partial charge is 0.370 e. The third-order valence-electron chi connectivity index (χ3n) is 4.79. The van der Waals surface area contributed by atoms with Crippen LogP contribution in [-0.4, -0.2) is 29.9 Å². The average molecular weight is 333 g/mol. The Hall–Kier alpha value is -0.590. The maximum absolute atomic E-state index is 11.6. The summed E-state index contributed by atoms with van der Waals surface area (Å²) in [5, 5.41) is 4.33. The van der Waals surface area contributed by atoms with Gasteiger partial charge in [-0.05, 0) is 39.5 Å². The molecule has 1 unspecified atom stereocenters. The molecule has 0 radical (unpaired) electrons. The lowest BCUT2D eigenvalue weighted by Crippen LogP contribution is -2.27. The van der Waals surface area contributed by atoms with Crippen LogP contribution in [-0.2, 0) is 20.3 Å². The molecule has 21 heavy (non-hydrogen) atoms. The van der Waals surface area contributed by atoms with Crippen molar-refractivity contribution < 1.29 is 13.2 Å². The molecular formula is C14H21ClN2O3S. The molecule has 1 aliphatic carbocycles. The summed E-state index contributed by atoms with van der Waals surface area (Å²) >= 11 is 0. The Kier molecular flexibility index (Phi) is 3.83. The van der Waals surface area contributed by atoms with Gasteiger partial charge in [0.15, 0.2) is 0 Å². The van der Waals surface area contributed by atoms with E-state index in [1.54, 1.807) is 18.5 Å². The molecule has 0 N–H and O–H groups in total. The lowest BCUT2D eigenvalue weighted by Gasteiger charge is -2.24. The number of hydrogen-bond donors (Lipinski definition) is 0. The molecule has 118 valence electrons. The van der Waals surface area contributed by atoms with Gasteiger partial charge in [-0.15, -0.1) is 0 Å². The van der Waals surface area contributed by atoms with Crippen molar-refractivity contribution in [3.8, 4) is 0 Å². The van der Waals surface area contributed by atoms with Gasteiger partial charge < -0.3 is 4.74 Å². The van der Waals surface area contributed by atoms with Crippen LogP contribution >= 0.6 is 10.7 Å². The van der Waals surface area contributed by atoms with Gasteiger partial charge in [-0.25, -0.2) is 8.42 Å². The van der Waals surface area contributed by atoms with Crippen LogP contribution in [0.15, 0.2) is 4.90 Å². The first kappa shape index (κ1) is 15.3. The molecule has 1 saturated carbocycles. The van der Waals surface area contributed by atoms with Crippen molar-refractivity contribution >= 4 is 19.7 Å². The molecule has 1 aromatic rings. The fraction of sp³-hybridized carbons (Fsp3) is 0.786. The third-order valence-corrected chi connectivity index (χ3v) is 6.33. The van der Waals surface area contributed by atoms with Crippen LogP contribution in [0.2, 0.25) is 0 Å². The minimum absolute atomic E-state index is 0.0855. The summed E-state index contributed by atoms with van der Waals surface area (Å²) in [6, 6.07) is 0. The number of ether oxygens (including phenoxy) is 1. The molecule has 2 heterocycles. The zero-order valence-corrected chi connectivity index (χ0v) is 14.0. The third kappa shape index (κ3) is 2.85. The first-order valence-corrected chi connectivity index (χ1v) is 9.78. The predicted molar refractivity (Wildman–Crippen MR) is 80.0 cm³/mol. The first-order valence-electron chi connectivity index (χ1n) is 7.47. The summed E-state index contributed by atoms with van der Waals surface area (Å²) in [7, 11) is 1.73. The Morgan fingerprint density at radius 2 is 2.00 bits per heavy atom. The quantitative estimate of drug-likeness (QED) is 0.798. The monoisotopic (exact) mass is 332 g/mol. The molecule has 5 nitrogen and oxygen atoms in total. The maximum Gasteiger partial charge on any atom is 0.264 e. The van der Waals surface area contributed by atoms with Gasteiger partial charge in [0.1, 0.15) is 4.90 Å². The van der Waals surface area contributed by atoms with E-state index in [9.17, 15) is 8.42 Å². The van der Waals surface area contributed by atoms with Crippen molar-refractivity contribution in [3.05, 3.63) is 11.4 Å². The van der Waals surface area contributed by atoms with Gasteiger partial charge in [-0.1, -0.05) is 12.8 Å². The van der Waals surface area contributed by atoms with Crippen molar-refractivity contribution in [2.75, 3.05) is 0 Å². The highest BCUT2D eigenvalue weighted by Crippen LogP contribution is 2.43. The topological polar surface area (TPSA) is 61.2 Å². The predicted octanol–water partition coefficient (Wildman–Crippen LogP) is 2.92. The average Bonchev–Trinajstić information content (AvgIpc) is 3.03. The lowest BCUT2D eigenvalue weighted by molar-refractivity contribution is -0.0431. The maximum atomic E-state index is 11.6. The van der Waals surface area contributed by atoms with Crippen molar-refractivity contribution in [1.29, 1.82) is 0 Å². The Morgan fingerprint density at radius 1 is 1.33 bits per heavy atom. The molecule has 1 aliphatic heterocycles. The molecular weight excluding hydrogens is 312 g/mol. The number of aromatic nitrogens is 2. The van der Waals surface area contributed by atoms with Gasteiger partial charge >= 0.3 is 0 Å². The zero-order chi connectivity index (χ0) is 15.3. The Morgan fingerprint density at radius 3 is 2.57 bits per heavy atom. The summed E-state index contributed by atoms with van der Waals surface area (Å²) in [6.45, 7) is 4.02. The minimum Gasteiger partial charge on any atom is -0.370 e. The second-order valence-corrected chi connectivity index (χ2v) is 8.79. The number of halogens is 1. The van der Waals surface area contributed by atoms with Crippen LogP contribution in [0.1, 0.15) is 49.9 Å². The normalized spacial score (nSPS) is 25.0. The van der Waals surface area contributed by atoms with Crippen molar-refractivity contribution in [2.24, 2.45) is 0 Å². The summed E-state index contributed by atoms with van der Waals surface area (Å²) in [5.74, 6) is 0. The second-order valence-electron chi connectivity index (χ2n) is 6.29. The SMILES string of the molecule is Cc1nn(CC2CCC3(CCCC3)O2)c(C)c1S(=O)(=O)Cl. The smallest absolute Gasteiger partial charge is 0.264 e. The molecule has 1 spiro atoms. The van der Waals surface area contributed by atoms with E-state index in [0.717, 1.165) is 25.7 Å². The highest BCUT2D eigenvalue weighted by atomic mass is 35.7. The van der Waals surface area contributed by atoms with E-state index in [2.05, 4.69) is 5.10 Å². The van der Waals surface area contributed by atoms with Crippen LogP contribution in [0.4, 0.5) is 0 Å². The molecule has 7 heteroatoms. The van der Waals surface area contributed by atoms with Crippen LogP contribution in [0.3, 0.4) is 0 Å². The zero-order valence-electron chi connectivity index (χ0n) is 12.4. The van der Waals surface area contributed by atoms with E-state index in [4.69, 9.17) is 15.4 Å². The molecule has 2 fully saturated rings. The van der Waals surface area contributed by atoms with E-state index in [-0.39, 0.29) is 16.6 Å². The lowest BCUT2D eigenvalue weighted by atomic mass is 9.98. The summed E-state index contributed by atoms with van der Waals surface area (Å²) in [5.41, 5.74) is 1.14. The van der Waals surface area contributed by atoms with E-state index in [1.807, 2.05) is 0 Å². The van der Waals surface area contributed by atoms with E-state index in [1.165, 1.54) is 12.8 Å². The molecule has 3 rings (SSSR count). The van der Waals surface area contributed by atoms with E-state index >= 15 is 0 Å². The molecule has 2 aliphatic rings. The van der Waals surface area contributed by atoms with Crippen molar-refractivity contribution in [3.63, 3.8) is 0 Å². The van der Waals surface area contributed by atoms with E-state index < -0.39 is 9.05 Å². The van der Waals surface area contributed by atoms with Crippen molar-refractivity contribution in [2.45, 2.75) is 75.5 Å². The fourth-order valence-electron chi connectivity index (χ4n) is 3.82. The molecule has 0 bridgehead atoms. The minimum atomic E-state index is -3.75. The summed E-state index contributed by atoms with van der Waals surface area (Å²) < 4.78 is 31.2. The van der Waals surface area contributed by atoms with Crippen LogP contribution in [0.25, 0.3) is 0 Å². The number of nitrogens with zero attached hydrogens (tertiary/aromatic N) is 2. The standard InChI is InChI=1S/C14H21ClN2O3S/c1-10-13(21(15,18)19)11(2)17(16-10)9-12-5-8-14(20-12)6-3-4-7-14/h12H,3-9H2,1-2H3. The van der Waals surface area contributed by atoms with Gasteiger partial charge in [-0.3, -0.25) is 4.68 Å². The highest BCUT2D eigenvalue weighted by Gasteiger charge is 2.42. The molecule has 1 atom stereocenters. The summed E-state index contributed by atoms with van der Waals surface area (Å²) in [6.07, 6.45) is 7.05. The second kappa shape index (κ2) is 5.25. The number of aryl methyl sites for hydroxylation is 1. The van der Waals surface area contributed by atoms with Crippen molar-refractivity contribution in [1.82, 2.24) is 9.78 Å². The molecule has 1 aromatic heterocycles. The Labute approximate surface area is 130 Å². The van der Waals surface area contributed by atoms with Gasteiger partial charge in [0.25, 0.3) is 9.05 Å². The highest BCUT2D eigenvalue weighted by molar-refractivity contribution is 8.13. The van der Waals surface area contributed by atoms with Crippen LogP contribution < -0.4 is 0 Å². The van der Waals surface area contributed by atoms with E-state index in [0.29, 0.717) is 17.9 Å². The molecule has 0 aromatic carbocycles. The van der Waals surface area contributed by atoms with Gasteiger partial charge in [0, 0.05) is 10.7 Å². The molecule has 1 saturated heterocycles. The Bertz CT molecular complexity index is 647. The number of rotatable bonds is 3. The van der Waals surface area contributed by atoms with Crippen LogP contribution in [0, 0.1) is 13.8 Å². The summed E-state index contributed by atoms with van der Waals surface area (Å²) in [4.78, 5) is 0.137.